The molecule has 0 unspecified atom stereocenters. The third kappa shape index (κ3) is 4.31. The Morgan fingerprint density at radius 3 is 2.43 bits per heavy atom. The highest BCUT2D eigenvalue weighted by Crippen LogP contribution is 2.60. The van der Waals surface area contributed by atoms with Crippen LogP contribution in [0.5, 0.6) is 0 Å². The Bertz CT molecular complexity index is 627. The molecule has 2 aliphatic heterocycles. The van der Waals surface area contributed by atoms with Crippen molar-refractivity contribution in [1.29, 1.82) is 0 Å². The minimum atomic E-state index is -1.22. The van der Waals surface area contributed by atoms with Crippen LogP contribution in [-0.2, 0) is 14.3 Å². The standard InChI is InChI=1S/C25H44O5/c1-8-9-19(27)30-25(7)13-11-18(26)24(6,28)14-17-21-20(22(25)29-17)16(15(2)3)10-12-23(21,4)5/h15-18,20-22,26,28H,8-14H2,1-7H3/t16-,17-,18+,20-,21-,22-,24+,25-/m1/s1. The number of hydrogen-bond acceptors (Lipinski definition) is 5. The molecule has 2 N–H and O–H groups in total. The summed E-state index contributed by atoms with van der Waals surface area (Å²) in [5.41, 5.74) is -1.94. The molecule has 8 atom stereocenters. The number of carbonyl (C=O) groups excluding carboxylic acids is 1. The molecule has 1 saturated carbocycles. The Hall–Kier alpha value is -0.650. The molecule has 174 valence electrons. The van der Waals surface area contributed by atoms with Crippen molar-refractivity contribution in [1.82, 2.24) is 0 Å². The quantitative estimate of drug-likeness (QED) is 0.651. The summed E-state index contributed by atoms with van der Waals surface area (Å²) in [6.45, 7) is 14.9. The van der Waals surface area contributed by atoms with Gasteiger partial charge in [-0.2, -0.15) is 0 Å². The third-order valence-corrected chi connectivity index (χ3v) is 8.51. The molecule has 2 heterocycles. The Labute approximate surface area is 182 Å². The largest absolute Gasteiger partial charge is 0.457 e. The SMILES string of the molecule is CCCC(=O)O[C@]1(C)CC[C@H](O)[C@@](C)(O)C[C@H]2O[C@@H]1[C@H]1[C@@H]2C(C)(C)CC[C@@H]1C(C)C. The van der Waals surface area contributed by atoms with E-state index in [-0.39, 0.29) is 35.4 Å². The number of rotatable bonds is 4. The fraction of sp³-hybridized carbons (Fsp3) is 0.960. The van der Waals surface area contributed by atoms with Crippen molar-refractivity contribution in [2.45, 2.75) is 123 Å². The second-order valence-corrected chi connectivity index (χ2v) is 11.8. The van der Waals surface area contributed by atoms with Crippen LogP contribution in [0, 0.1) is 29.1 Å². The average Bonchev–Trinajstić information content (AvgIpc) is 3.00. The molecule has 0 amide bonds. The van der Waals surface area contributed by atoms with E-state index >= 15 is 0 Å². The first-order valence-corrected chi connectivity index (χ1v) is 12.1. The van der Waals surface area contributed by atoms with Gasteiger partial charge in [-0.1, -0.05) is 34.6 Å². The van der Waals surface area contributed by atoms with E-state index in [1.54, 1.807) is 6.92 Å². The Kier molecular flexibility index (Phi) is 6.69. The summed E-state index contributed by atoms with van der Waals surface area (Å²) in [4.78, 5) is 12.6. The zero-order chi connectivity index (χ0) is 22.5. The predicted molar refractivity (Wildman–Crippen MR) is 117 cm³/mol. The van der Waals surface area contributed by atoms with Crippen LogP contribution >= 0.6 is 0 Å². The van der Waals surface area contributed by atoms with Gasteiger partial charge in [-0.15, -0.1) is 0 Å². The van der Waals surface area contributed by atoms with Crippen LogP contribution in [0.15, 0.2) is 0 Å². The maximum atomic E-state index is 12.6. The van der Waals surface area contributed by atoms with Crippen LogP contribution in [0.3, 0.4) is 0 Å². The highest BCUT2D eigenvalue weighted by atomic mass is 16.6. The van der Waals surface area contributed by atoms with Crippen molar-refractivity contribution >= 4 is 5.97 Å². The Balaban J connectivity index is 2.08. The van der Waals surface area contributed by atoms with Crippen LogP contribution < -0.4 is 0 Å². The molecule has 1 aliphatic carbocycles. The van der Waals surface area contributed by atoms with Crippen LogP contribution in [0.2, 0.25) is 0 Å². The topological polar surface area (TPSA) is 76.0 Å². The average molecular weight is 425 g/mol. The molecule has 5 heteroatoms. The number of ether oxygens (including phenoxy) is 2. The lowest BCUT2D eigenvalue weighted by atomic mass is 9.54. The van der Waals surface area contributed by atoms with E-state index in [4.69, 9.17) is 9.47 Å². The number of esters is 1. The minimum absolute atomic E-state index is 0.0735. The predicted octanol–water partition coefficient (Wildman–Crippen LogP) is 4.48. The number of hydrogen-bond donors (Lipinski definition) is 2. The maximum absolute atomic E-state index is 12.6. The lowest BCUT2D eigenvalue weighted by molar-refractivity contribution is -0.182. The lowest BCUT2D eigenvalue weighted by Gasteiger charge is -2.51. The lowest BCUT2D eigenvalue weighted by Crippen LogP contribution is -2.54. The monoisotopic (exact) mass is 424 g/mol. The molecule has 0 aromatic carbocycles. The molecule has 3 aliphatic rings. The van der Waals surface area contributed by atoms with E-state index in [1.807, 2.05) is 13.8 Å². The second-order valence-electron chi connectivity index (χ2n) is 11.8. The number of fused-ring (bicyclic) bond motifs is 5. The van der Waals surface area contributed by atoms with Gasteiger partial charge in [-0.25, -0.2) is 0 Å². The van der Waals surface area contributed by atoms with Crippen molar-refractivity contribution in [2.24, 2.45) is 29.1 Å². The van der Waals surface area contributed by atoms with Gasteiger partial charge in [0, 0.05) is 12.8 Å². The van der Waals surface area contributed by atoms with Gasteiger partial charge in [0.2, 0.25) is 0 Å². The van der Waals surface area contributed by atoms with E-state index in [2.05, 4.69) is 27.7 Å². The first-order valence-electron chi connectivity index (χ1n) is 12.1. The van der Waals surface area contributed by atoms with E-state index in [0.29, 0.717) is 37.5 Å². The second kappa shape index (κ2) is 8.37. The van der Waals surface area contributed by atoms with Gasteiger partial charge in [0.1, 0.15) is 11.7 Å². The molecule has 0 radical (unpaired) electrons. The fourth-order valence-corrected chi connectivity index (χ4v) is 6.76. The van der Waals surface area contributed by atoms with Gasteiger partial charge in [-0.05, 0) is 75.0 Å². The third-order valence-electron chi connectivity index (χ3n) is 8.51. The van der Waals surface area contributed by atoms with Crippen molar-refractivity contribution < 1.29 is 24.5 Å². The van der Waals surface area contributed by atoms with Gasteiger partial charge in [0.15, 0.2) is 0 Å². The van der Waals surface area contributed by atoms with Crippen LogP contribution in [-0.4, -0.2) is 45.7 Å². The molecule has 0 aromatic heterocycles. The zero-order valence-electron chi connectivity index (χ0n) is 20.1. The van der Waals surface area contributed by atoms with Crippen LogP contribution in [0.1, 0.15) is 93.4 Å². The summed E-state index contributed by atoms with van der Waals surface area (Å²) in [5, 5.41) is 21.9. The summed E-state index contributed by atoms with van der Waals surface area (Å²) >= 11 is 0. The Morgan fingerprint density at radius 2 is 1.83 bits per heavy atom. The molecule has 3 fully saturated rings. The summed E-state index contributed by atoms with van der Waals surface area (Å²) in [6.07, 6.45) is 3.48. The smallest absolute Gasteiger partial charge is 0.306 e. The van der Waals surface area contributed by atoms with Crippen molar-refractivity contribution in [3.8, 4) is 0 Å². The Morgan fingerprint density at radius 1 is 1.17 bits per heavy atom. The van der Waals surface area contributed by atoms with Gasteiger partial charge in [0.25, 0.3) is 0 Å². The van der Waals surface area contributed by atoms with Gasteiger partial charge in [-0.3, -0.25) is 4.79 Å². The summed E-state index contributed by atoms with van der Waals surface area (Å²) in [6, 6.07) is 0. The van der Waals surface area contributed by atoms with Crippen LogP contribution in [0.25, 0.3) is 0 Å². The highest BCUT2D eigenvalue weighted by Gasteiger charge is 2.63. The van der Waals surface area contributed by atoms with E-state index in [0.717, 1.165) is 19.3 Å². The summed E-state index contributed by atoms with van der Waals surface area (Å²) in [5.74, 6) is 1.37. The normalized spacial score (nSPS) is 45.9. The van der Waals surface area contributed by atoms with Crippen molar-refractivity contribution in [3.63, 3.8) is 0 Å². The van der Waals surface area contributed by atoms with Crippen molar-refractivity contribution in [2.75, 3.05) is 0 Å². The molecule has 0 spiro atoms. The van der Waals surface area contributed by atoms with Gasteiger partial charge >= 0.3 is 5.97 Å². The van der Waals surface area contributed by atoms with Crippen LogP contribution in [0.4, 0.5) is 0 Å². The number of carbonyl (C=O) groups is 1. The zero-order valence-corrected chi connectivity index (χ0v) is 20.1. The molecule has 30 heavy (non-hydrogen) atoms. The van der Waals surface area contributed by atoms with Gasteiger partial charge < -0.3 is 19.7 Å². The molecule has 2 saturated heterocycles. The first kappa shape index (κ1) is 24.0. The first-order chi connectivity index (χ1) is 13.8. The highest BCUT2D eigenvalue weighted by molar-refractivity contribution is 5.69. The minimum Gasteiger partial charge on any atom is -0.457 e. The van der Waals surface area contributed by atoms with E-state index in [1.165, 1.54) is 0 Å². The summed E-state index contributed by atoms with van der Waals surface area (Å²) < 4.78 is 12.9. The molecular formula is C25H44O5. The van der Waals surface area contributed by atoms with Crippen molar-refractivity contribution in [3.05, 3.63) is 0 Å². The summed E-state index contributed by atoms with van der Waals surface area (Å²) in [7, 11) is 0. The van der Waals surface area contributed by atoms with Gasteiger partial charge in [0.05, 0.1) is 17.8 Å². The molecule has 3 rings (SSSR count). The molecule has 5 nitrogen and oxygen atoms in total. The molecule has 0 aromatic rings. The van der Waals surface area contributed by atoms with E-state index < -0.39 is 17.3 Å². The number of aliphatic hydroxyl groups excluding tert-OH is 1. The maximum Gasteiger partial charge on any atom is 0.306 e. The molecular weight excluding hydrogens is 380 g/mol. The fourth-order valence-electron chi connectivity index (χ4n) is 6.76. The van der Waals surface area contributed by atoms with E-state index in [9.17, 15) is 15.0 Å². The number of aliphatic hydroxyl groups is 2. The molecule has 2 bridgehead atoms.